The van der Waals surface area contributed by atoms with Gasteiger partial charge >= 0.3 is 18.7 Å². The zero-order valence-electron chi connectivity index (χ0n) is 23.3. The Morgan fingerprint density at radius 3 is 2.41 bits per heavy atom. The number of carbonyl (C=O) groups is 2. The molecule has 1 N–H and O–H groups in total. The average Bonchev–Trinajstić information content (AvgIpc) is 3.73. The molecule has 0 radical (unpaired) electrons. The van der Waals surface area contributed by atoms with Crippen LogP contribution in [0, 0.1) is 5.92 Å². The maximum Gasteiger partial charge on any atom is 0.411 e. The summed E-state index contributed by atoms with van der Waals surface area (Å²) in [5, 5.41) is 0.656. The van der Waals surface area contributed by atoms with Crippen molar-refractivity contribution in [3.05, 3.63) is 51.8 Å². The van der Waals surface area contributed by atoms with E-state index in [1.807, 2.05) is 0 Å². The lowest BCUT2D eigenvalue weighted by atomic mass is 10.00. The molecule has 2 aromatic rings. The van der Waals surface area contributed by atoms with Crippen LogP contribution in [0.5, 0.6) is 11.5 Å². The second-order valence-electron chi connectivity index (χ2n) is 11.3. The highest BCUT2D eigenvalue weighted by Crippen LogP contribution is 2.38. The maximum absolute atomic E-state index is 13.6. The van der Waals surface area contributed by atoms with Gasteiger partial charge in [-0.3, -0.25) is 4.90 Å². The highest BCUT2D eigenvalue weighted by atomic mass is 35.5. The Bertz CT molecular complexity index is 1220. The Labute approximate surface area is 248 Å². The lowest BCUT2D eigenvalue weighted by molar-refractivity contribution is -0.377. The Balaban J connectivity index is 1.64. The second kappa shape index (κ2) is 13.4. The monoisotopic (exact) mass is 615 g/mol. The number of pyridine rings is 1. The molecule has 1 aliphatic carbocycles. The second-order valence-corrected chi connectivity index (χ2v) is 12.1. The van der Waals surface area contributed by atoms with Crippen molar-refractivity contribution in [3.8, 4) is 11.5 Å². The summed E-state index contributed by atoms with van der Waals surface area (Å²) >= 11 is 12.8. The van der Waals surface area contributed by atoms with Crippen LogP contribution in [0.1, 0.15) is 70.1 Å². The number of hydrogen-bond donors (Lipinski definition) is 0. The minimum absolute atomic E-state index is 0.0777. The number of rotatable bonds is 10. The van der Waals surface area contributed by atoms with Crippen molar-refractivity contribution in [2.75, 3.05) is 13.2 Å². The number of carbonyl (C=O) groups excluding carboxylic acids is 2. The number of nitrogens with one attached hydrogen (secondary N) is 1. The minimum Gasteiger partial charge on any atom is -0.489 e. The lowest BCUT2D eigenvalue weighted by Gasteiger charge is -2.36. The number of aromatic nitrogens is 1. The van der Waals surface area contributed by atoms with E-state index < -0.39 is 36.4 Å². The van der Waals surface area contributed by atoms with Crippen LogP contribution in [0.2, 0.25) is 10.0 Å². The van der Waals surface area contributed by atoms with Gasteiger partial charge in [0.2, 0.25) is 0 Å². The fraction of sp³-hybridized carbons (Fsp3) is 0.552. The highest BCUT2D eigenvalue weighted by Gasteiger charge is 2.37. The van der Waals surface area contributed by atoms with E-state index in [2.05, 4.69) is 9.72 Å². The third-order valence-corrected chi connectivity index (χ3v) is 7.45. The highest BCUT2D eigenvalue weighted by molar-refractivity contribution is 6.35. The number of nitrogens with zero attached hydrogens (tertiary/aromatic N) is 1. The summed E-state index contributed by atoms with van der Waals surface area (Å²) in [5.74, 6) is -0.274. The van der Waals surface area contributed by atoms with Gasteiger partial charge in [0, 0.05) is 18.5 Å². The van der Waals surface area contributed by atoms with E-state index in [4.69, 9.17) is 37.4 Å². The molecule has 1 saturated heterocycles. The predicted molar refractivity (Wildman–Crippen MR) is 147 cm³/mol. The van der Waals surface area contributed by atoms with Gasteiger partial charge in [-0.05, 0) is 76.5 Å². The zero-order valence-corrected chi connectivity index (χ0v) is 24.8. The first-order chi connectivity index (χ1) is 19.4. The van der Waals surface area contributed by atoms with E-state index in [1.165, 1.54) is 23.1 Å². The van der Waals surface area contributed by atoms with Gasteiger partial charge in [-0.2, -0.15) is 8.78 Å². The number of benzene rings is 1. The van der Waals surface area contributed by atoms with Gasteiger partial charge in [-0.25, -0.2) is 14.6 Å². The van der Waals surface area contributed by atoms with E-state index >= 15 is 0 Å². The molecule has 2 fully saturated rings. The first kappa shape index (κ1) is 31.1. The molecule has 1 saturated carbocycles. The van der Waals surface area contributed by atoms with Gasteiger partial charge in [-0.15, -0.1) is 0 Å². The molecule has 1 aromatic heterocycles. The standard InChI is InChI=1S/C29H34Cl2F2N2O6/c1-29(2,3)41-28(37)35-11-5-4-6-22(35)26(36)39-24(13-19-20(30)14-34-15-21(19)31)18-9-10-23(40-27(32)33)25(12-18)38-16-17-7-8-17/h9-10,12,14-15,17,22,24,27H,4-8,11,13,16H2,1-3H3/p+1/t22-,24-/m0/s1. The summed E-state index contributed by atoms with van der Waals surface area (Å²) < 4.78 is 48.3. The number of H-pyrrole nitrogens is 1. The Kier molecular flexibility index (Phi) is 10.2. The van der Waals surface area contributed by atoms with Gasteiger partial charge in [0.15, 0.2) is 23.9 Å². The van der Waals surface area contributed by atoms with Crippen molar-refractivity contribution < 1.29 is 42.3 Å². The molecule has 2 aliphatic rings. The largest absolute Gasteiger partial charge is 0.489 e. The van der Waals surface area contributed by atoms with Gasteiger partial charge in [0.1, 0.15) is 27.8 Å². The van der Waals surface area contributed by atoms with Crippen molar-refractivity contribution >= 4 is 35.3 Å². The number of amides is 1. The molecule has 1 aliphatic heterocycles. The minimum atomic E-state index is -3.04. The number of alkyl halides is 2. The molecule has 8 nitrogen and oxygen atoms in total. The summed E-state index contributed by atoms with van der Waals surface area (Å²) in [6.45, 7) is 2.94. The molecule has 0 spiro atoms. The van der Waals surface area contributed by atoms with Crippen LogP contribution in [0.3, 0.4) is 0 Å². The lowest BCUT2D eigenvalue weighted by Crippen LogP contribution is -2.50. The van der Waals surface area contributed by atoms with Crippen LogP contribution in [-0.2, 0) is 20.7 Å². The average molecular weight is 617 g/mol. The molecule has 1 aromatic carbocycles. The summed E-state index contributed by atoms with van der Waals surface area (Å²) in [7, 11) is 0. The Morgan fingerprint density at radius 1 is 1.07 bits per heavy atom. The molecule has 41 heavy (non-hydrogen) atoms. The van der Waals surface area contributed by atoms with Crippen LogP contribution in [0.15, 0.2) is 30.6 Å². The molecule has 224 valence electrons. The van der Waals surface area contributed by atoms with Crippen LogP contribution >= 0.6 is 23.2 Å². The third kappa shape index (κ3) is 8.82. The van der Waals surface area contributed by atoms with Crippen LogP contribution in [-0.4, -0.2) is 48.4 Å². The molecule has 12 heteroatoms. The molecule has 1 amide bonds. The fourth-order valence-electron chi connectivity index (χ4n) is 4.54. The van der Waals surface area contributed by atoms with E-state index in [-0.39, 0.29) is 17.9 Å². The van der Waals surface area contributed by atoms with E-state index in [1.54, 1.807) is 33.2 Å². The number of aromatic amines is 1. The molecule has 4 rings (SSSR count). The topological polar surface area (TPSA) is 88.4 Å². The zero-order chi connectivity index (χ0) is 29.7. The quantitative estimate of drug-likeness (QED) is 0.273. The molecular formula is C29H35Cl2F2N2O6+. The first-order valence-corrected chi connectivity index (χ1v) is 14.4. The first-order valence-electron chi connectivity index (χ1n) is 13.7. The van der Waals surface area contributed by atoms with Gasteiger partial charge < -0.3 is 18.9 Å². The summed E-state index contributed by atoms with van der Waals surface area (Å²) in [5.41, 5.74) is 0.249. The number of piperidine rings is 1. The van der Waals surface area contributed by atoms with E-state index in [0.29, 0.717) is 46.7 Å². The third-order valence-electron chi connectivity index (χ3n) is 6.77. The SMILES string of the molecule is CC(C)(C)OC(=O)N1CCCC[C@H]1C(=O)O[C@@H](Cc1c(Cl)c[nH+]cc1Cl)c1ccc(OC(F)F)c(OCC2CC2)c1. The van der Waals surface area contributed by atoms with Crippen molar-refractivity contribution in [2.45, 2.75) is 83.7 Å². The van der Waals surface area contributed by atoms with Crippen molar-refractivity contribution in [1.29, 1.82) is 0 Å². The number of ether oxygens (including phenoxy) is 4. The van der Waals surface area contributed by atoms with Crippen LogP contribution in [0.4, 0.5) is 13.6 Å². The molecule has 2 heterocycles. The molecule has 2 atom stereocenters. The van der Waals surface area contributed by atoms with Gasteiger partial charge in [0.25, 0.3) is 0 Å². The molecular weight excluding hydrogens is 581 g/mol. The number of likely N-dealkylation sites (tertiary alicyclic amines) is 1. The number of hydrogen-bond acceptors (Lipinski definition) is 6. The summed E-state index contributed by atoms with van der Waals surface area (Å²) in [6.07, 6.45) is 5.52. The Hall–Kier alpha value is -2.85. The fourth-order valence-corrected chi connectivity index (χ4v) is 5.07. The van der Waals surface area contributed by atoms with Crippen molar-refractivity contribution in [2.24, 2.45) is 5.92 Å². The van der Waals surface area contributed by atoms with E-state index in [0.717, 1.165) is 25.7 Å². The molecule has 0 unspecified atom stereocenters. The summed E-state index contributed by atoms with van der Waals surface area (Å²) in [6, 6.07) is 3.56. The maximum atomic E-state index is 13.6. The smallest absolute Gasteiger partial charge is 0.411 e. The summed E-state index contributed by atoms with van der Waals surface area (Å²) in [4.78, 5) is 30.8. The number of esters is 1. The van der Waals surface area contributed by atoms with Gasteiger partial charge in [-0.1, -0.05) is 29.3 Å². The van der Waals surface area contributed by atoms with Crippen LogP contribution in [0.25, 0.3) is 0 Å². The van der Waals surface area contributed by atoms with Gasteiger partial charge in [0.05, 0.1) is 6.61 Å². The Morgan fingerprint density at radius 2 is 1.78 bits per heavy atom. The van der Waals surface area contributed by atoms with Crippen molar-refractivity contribution in [3.63, 3.8) is 0 Å². The van der Waals surface area contributed by atoms with E-state index in [9.17, 15) is 18.4 Å². The van der Waals surface area contributed by atoms with Crippen LogP contribution < -0.4 is 14.5 Å². The molecule has 0 bridgehead atoms. The van der Waals surface area contributed by atoms with Crippen molar-refractivity contribution in [1.82, 2.24) is 4.90 Å². The predicted octanol–water partition coefficient (Wildman–Crippen LogP) is 6.81. The normalized spacial score (nSPS) is 18.1. The number of halogens is 4.